The first-order valence-electron chi connectivity index (χ1n) is 5.90. The highest BCUT2D eigenvalue weighted by atomic mass is 16.5. The standard InChI is InChI=1S/C15H18O4/c1-10-7-5-6-8-12(10)9-11(2)13(14(16)18-3)15(17)19-4/h5-9,13H,1-4H3/b11-9-. The Morgan fingerprint density at radius 2 is 1.63 bits per heavy atom. The lowest BCUT2D eigenvalue weighted by Gasteiger charge is -2.13. The molecule has 4 heteroatoms. The number of methoxy groups -OCH3 is 2. The zero-order valence-corrected chi connectivity index (χ0v) is 11.6. The third-order valence-corrected chi connectivity index (χ3v) is 2.90. The highest BCUT2D eigenvalue weighted by molar-refractivity contribution is 5.99. The summed E-state index contributed by atoms with van der Waals surface area (Å²) in [4.78, 5) is 23.3. The summed E-state index contributed by atoms with van der Waals surface area (Å²) in [7, 11) is 2.50. The molecule has 0 N–H and O–H groups in total. The van der Waals surface area contributed by atoms with E-state index in [9.17, 15) is 9.59 Å². The van der Waals surface area contributed by atoms with Crippen molar-refractivity contribution in [2.24, 2.45) is 5.92 Å². The maximum Gasteiger partial charge on any atom is 0.324 e. The normalized spacial score (nSPS) is 11.3. The maximum atomic E-state index is 11.7. The molecule has 0 heterocycles. The average Bonchev–Trinajstić information content (AvgIpc) is 2.41. The molecule has 0 atom stereocenters. The van der Waals surface area contributed by atoms with Crippen LogP contribution in [0.3, 0.4) is 0 Å². The summed E-state index contributed by atoms with van der Waals surface area (Å²) in [5.74, 6) is -2.25. The molecule has 0 aliphatic rings. The molecule has 0 aliphatic carbocycles. The van der Waals surface area contributed by atoms with Crippen molar-refractivity contribution in [1.29, 1.82) is 0 Å². The second-order valence-electron chi connectivity index (χ2n) is 4.22. The summed E-state index contributed by atoms with van der Waals surface area (Å²) in [6.07, 6.45) is 1.80. The van der Waals surface area contributed by atoms with E-state index in [4.69, 9.17) is 0 Å². The van der Waals surface area contributed by atoms with Crippen LogP contribution in [0.25, 0.3) is 6.08 Å². The quantitative estimate of drug-likeness (QED) is 0.617. The predicted octanol–water partition coefficient (Wildman–Crippen LogP) is 2.36. The van der Waals surface area contributed by atoms with Gasteiger partial charge >= 0.3 is 11.9 Å². The summed E-state index contributed by atoms with van der Waals surface area (Å²) >= 11 is 0. The van der Waals surface area contributed by atoms with Gasteiger partial charge in [0, 0.05) is 0 Å². The molecule has 1 aromatic rings. The first kappa shape index (κ1) is 15.0. The van der Waals surface area contributed by atoms with Crippen LogP contribution in [0.5, 0.6) is 0 Å². The summed E-state index contributed by atoms with van der Waals surface area (Å²) in [5, 5.41) is 0. The van der Waals surface area contributed by atoms with Crippen molar-refractivity contribution in [1.82, 2.24) is 0 Å². The summed E-state index contributed by atoms with van der Waals surface area (Å²) in [6.45, 7) is 3.68. The molecule has 102 valence electrons. The Labute approximate surface area is 113 Å². The Morgan fingerprint density at radius 1 is 1.11 bits per heavy atom. The van der Waals surface area contributed by atoms with E-state index in [0.717, 1.165) is 11.1 Å². The number of rotatable bonds is 4. The highest BCUT2D eigenvalue weighted by Gasteiger charge is 2.30. The van der Waals surface area contributed by atoms with Crippen molar-refractivity contribution >= 4 is 18.0 Å². The Kier molecular flexibility index (Phi) is 5.30. The molecular formula is C15H18O4. The van der Waals surface area contributed by atoms with E-state index < -0.39 is 17.9 Å². The van der Waals surface area contributed by atoms with Crippen LogP contribution in [0.1, 0.15) is 18.1 Å². The molecule has 0 aromatic heterocycles. The molecule has 1 rings (SSSR count). The van der Waals surface area contributed by atoms with Gasteiger partial charge in [-0.3, -0.25) is 9.59 Å². The summed E-state index contributed by atoms with van der Waals surface area (Å²) < 4.78 is 9.29. The smallest absolute Gasteiger partial charge is 0.324 e. The highest BCUT2D eigenvalue weighted by Crippen LogP contribution is 2.19. The van der Waals surface area contributed by atoms with Gasteiger partial charge in [-0.05, 0) is 30.5 Å². The van der Waals surface area contributed by atoms with E-state index >= 15 is 0 Å². The van der Waals surface area contributed by atoms with Crippen LogP contribution in [0, 0.1) is 12.8 Å². The second kappa shape index (κ2) is 6.73. The SMILES string of the molecule is COC(=O)C(C(=O)OC)/C(C)=C\c1ccccc1C. The number of esters is 2. The van der Waals surface area contributed by atoms with Crippen LogP contribution < -0.4 is 0 Å². The Hall–Kier alpha value is -2.10. The van der Waals surface area contributed by atoms with Crippen molar-refractivity contribution in [2.75, 3.05) is 14.2 Å². The zero-order chi connectivity index (χ0) is 14.4. The van der Waals surface area contributed by atoms with Crippen molar-refractivity contribution in [3.8, 4) is 0 Å². The van der Waals surface area contributed by atoms with Gasteiger partial charge in [-0.2, -0.15) is 0 Å². The van der Waals surface area contributed by atoms with Crippen LogP contribution in [0.2, 0.25) is 0 Å². The molecule has 0 amide bonds. The molecule has 0 saturated heterocycles. The zero-order valence-electron chi connectivity index (χ0n) is 11.6. The number of aryl methyl sites for hydroxylation is 1. The Bertz CT molecular complexity index is 487. The average molecular weight is 262 g/mol. The number of carbonyl (C=O) groups excluding carboxylic acids is 2. The van der Waals surface area contributed by atoms with Gasteiger partial charge in [0.05, 0.1) is 14.2 Å². The van der Waals surface area contributed by atoms with E-state index in [1.807, 2.05) is 31.2 Å². The minimum Gasteiger partial charge on any atom is -0.468 e. The van der Waals surface area contributed by atoms with Gasteiger partial charge < -0.3 is 9.47 Å². The minimum atomic E-state index is -1.02. The van der Waals surface area contributed by atoms with Gasteiger partial charge in [-0.25, -0.2) is 0 Å². The topological polar surface area (TPSA) is 52.6 Å². The third kappa shape index (κ3) is 3.68. The van der Waals surface area contributed by atoms with Crippen LogP contribution >= 0.6 is 0 Å². The monoisotopic (exact) mass is 262 g/mol. The van der Waals surface area contributed by atoms with Gasteiger partial charge in [-0.1, -0.05) is 30.3 Å². The van der Waals surface area contributed by atoms with Gasteiger partial charge in [0.15, 0.2) is 5.92 Å². The summed E-state index contributed by atoms with van der Waals surface area (Å²) in [6, 6.07) is 7.71. The number of ether oxygens (including phenoxy) is 2. The van der Waals surface area contributed by atoms with Gasteiger partial charge in [0.25, 0.3) is 0 Å². The molecule has 0 bridgehead atoms. The first-order chi connectivity index (χ1) is 9.01. The Balaban J connectivity index is 3.13. The van der Waals surface area contributed by atoms with Crippen molar-refractivity contribution in [3.63, 3.8) is 0 Å². The largest absolute Gasteiger partial charge is 0.468 e. The van der Waals surface area contributed by atoms with Crippen molar-refractivity contribution < 1.29 is 19.1 Å². The number of hydrogen-bond acceptors (Lipinski definition) is 4. The first-order valence-corrected chi connectivity index (χ1v) is 5.90. The van der Waals surface area contributed by atoms with Crippen LogP contribution in [-0.2, 0) is 19.1 Å². The van der Waals surface area contributed by atoms with E-state index in [1.54, 1.807) is 13.0 Å². The number of hydrogen-bond donors (Lipinski definition) is 0. The van der Waals surface area contributed by atoms with Crippen LogP contribution in [-0.4, -0.2) is 26.2 Å². The molecular weight excluding hydrogens is 244 g/mol. The molecule has 19 heavy (non-hydrogen) atoms. The lowest BCUT2D eigenvalue weighted by molar-refractivity contribution is -0.156. The third-order valence-electron chi connectivity index (χ3n) is 2.90. The van der Waals surface area contributed by atoms with Crippen molar-refractivity contribution in [3.05, 3.63) is 41.0 Å². The fraction of sp³-hybridized carbons (Fsp3) is 0.333. The van der Waals surface area contributed by atoms with Crippen LogP contribution in [0.15, 0.2) is 29.8 Å². The van der Waals surface area contributed by atoms with E-state index in [-0.39, 0.29) is 0 Å². The number of carbonyl (C=O) groups is 2. The molecule has 0 fully saturated rings. The lowest BCUT2D eigenvalue weighted by Crippen LogP contribution is -2.27. The lowest BCUT2D eigenvalue weighted by atomic mass is 9.97. The minimum absolute atomic E-state index is 0.591. The van der Waals surface area contributed by atoms with E-state index in [2.05, 4.69) is 9.47 Å². The Morgan fingerprint density at radius 3 is 2.11 bits per heavy atom. The van der Waals surface area contributed by atoms with Gasteiger partial charge in [-0.15, -0.1) is 0 Å². The molecule has 0 unspecified atom stereocenters. The molecule has 1 aromatic carbocycles. The molecule has 0 saturated carbocycles. The van der Waals surface area contributed by atoms with E-state index in [0.29, 0.717) is 5.57 Å². The fourth-order valence-corrected chi connectivity index (χ4v) is 1.78. The van der Waals surface area contributed by atoms with Gasteiger partial charge in [0.1, 0.15) is 0 Å². The molecule has 0 spiro atoms. The predicted molar refractivity (Wildman–Crippen MR) is 72.4 cm³/mol. The summed E-state index contributed by atoms with van der Waals surface area (Å²) in [5.41, 5.74) is 2.61. The van der Waals surface area contributed by atoms with E-state index in [1.165, 1.54) is 14.2 Å². The molecule has 4 nitrogen and oxygen atoms in total. The van der Waals surface area contributed by atoms with Crippen LogP contribution in [0.4, 0.5) is 0 Å². The molecule has 0 aliphatic heterocycles. The number of benzene rings is 1. The molecule has 0 radical (unpaired) electrons. The van der Waals surface area contributed by atoms with Gasteiger partial charge in [0.2, 0.25) is 0 Å². The maximum absolute atomic E-state index is 11.7. The fourth-order valence-electron chi connectivity index (χ4n) is 1.78. The second-order valence-corrected chi connectivity index (χ2v) is 4.22. The van der Waals surface area contributed by atoms with Crippen molar-refractivity contribution in [2.45, 2.75) is 13.8 Å².